The lowest BCUT2D eigenvalue weighted by Crippen LogP contribution is -2.61. The highest BCUT2D eigenvalue weighted by molar-refractivity contribution is 5.90. The van der Waals surface area contributed by atoms with Crippen molar-refractivity contribution >= 4 is 22.9 Å². The van der Waals surface area contributed by atoms with Crippen molar-refractivity contribution in [2.75, 3.05) is 0 Å². The number of fused-ring (bicyclic) bond motifs is 1. The Hall–Kier alpha value is -3.44. The van der Waals surface area contributed by atoms with Gasteiger partial charge < -0.3 is 39.1 Å². The van der Waals surface area contributed by atoms with Gasteiger partial charge in [-0.25, -0.2) is 9.59 Å². The van der Waals surface area contributed by atoms with Gasteiger partial charge in [0.15, 0.2) is 6.10 Å². The number of aliphatic carboxylic acids is 1. The van der Waals surface area contributed by atoms with Crippen LogP contribution in [-0.2, 0) is 20.9 Å². The highest BCUT2D eigenvalue weighted by Crippen LogP contribution is 2.34. The lowest BCUT2D eigenvalue weighted by molar-refractivity contribution is -0.270. The number of carbonyl (C=O) groups is 2. The Labute approximate surface area is 187 Å². The van der Waals surface area contributed by atoms with Gasteiger partial charge in [0.2, 0.25) is 6.29 Å². The van der Waals surface area contributed by atoms with Crippen molar-refractivity contribution in [2.24, 2.45) is 0 Å². The molecule has 10 heteroatoms. The second kappa shape index (κ2) is 9.20. The van der Waals surface area contributed by atoms with E-state index in [4.69, 9.17) is 18.6 Å². The molecule has 4 rings (SSSR count). The summed E-state index contributed by atoms with van der Waals surface area (Å²) in [6.45, 7) is 1.63. The summed E-state index contributed by atoms with van der Waals surface area (Å²) in [7, 11) is 0. The number of benzene rings is 2. The Morgan fingerprint density at radius 3 is 2.42 bits per heavy atom. The van der Waals surface area contributed by atoms with Crippen molar-refractivity contribution in [3.63, 3.8) is 0 Å². The van der Waals surface area contributed by atoms with Crippen molar-refractivity contribution in [3.05, 3.63) is 65.4 Å². The number of aryl methyl sites for hydroxylation is 1. The molecule has 0 radical (unpaired) electrons. The molecule has 1 aromatic heterocycles. The van der Waals surface area contributed by atoms with Crippen LogP contribution in [0.25, 0.3) is 11.0 Å². The number of furan rings is 1. The number of hydrogen-bond acceptors (Lipinski definition) is 9. The smallest absolute Gasteiger partial charge is 0.338 e. The number of rotatable bonds is 6. The fourth-order valence-electron chi connectivity index (χ4n) is 3.57. The van der Waals surface area contributed by atoms with Crippen molar-refractivity contribution in [1.29, 1.82) is 0 Å². The Morgan fingerprint density at radius 2 is 1.73 bits per heavy atom. The van der Waals surface area contributed by atoms with Crippen molar-refractivity contribution in [2.45, 2.75) is 44.2 Å². The third kappa shape index (κ3) is 4.55. The number of carboxylic acids is 1. The van der Waals surface area contributed by atoms with E-state index >= 15 is 0 Å². The summed E-state index contributed by atoms with van der Waals surface area (Å²) in [6, 6.07) is 13.3. The molecule has 0 unspecified atom stereocenters. The van der Waals surface area contributed by atoms with E-state index in [0.29, 0.717) is 27.9 Å². The zero-order chi connectivity index (χ0) is 23.7. The minimum absolute atomic E-state index is 0.0774. The van der Waals surface area contributed by atoms with Crippen molar-refractivity contribution in [3.8, 4) is 5.75 Å². The zero-order valence-corrected chi connectivity index (χ0v) is 17.5. The van der Waals surface area contributed by atoms with Crippen LogP contribution >= 0.6 is 0 Å². The van der Waals surface area contributed by atoms with E-state index in [-0.39, 0.29) is 12.4 Å². The molecule has 4 N–H and O–H groups in total. The number of aliphatic hydroxyl groups is 3. The topological polar surface area (TPSA) is 156 Å². The lowest BCUT2D eigenvalue weighted by atomic mass is 9.99. The highest BCUT2D eigenvalue weighted by Gasteiger charge is 2.48. The third-order valence-corrected chi connectivity index (χ3v) is 5.27. The molecule has 1 saturated heterocycles. The Bertz CT molecular complexity index is 1150. The summed E-state index contributed by atoms with van der Waals surface area (Å²) in [5, 5.41) is 39.7. The summed E-state index contributed by atoms with van der Waals surface area (Å²) in [5.41, 5.74) is 1.33. The third-order valence-electron chi connectivity index (χ3n) is 5.27. The van der Waals surface area contributed by atoms with Crippen LogP contribution < -0.4 is 4.74 Å². The average Bonchev–Trinajstić information content (AvgIpc) is 3.20. The number of hydrogen-bond donors (Lipinski definition) is 4. The molecule has 0 saturated carbocycles. The van der Waals surface area contributed by atoms with E-state index in [2.05, 4.69) is 0 Å². The normalized spacial score (nSPS) is 25.0. The number of ether oxygens (including phenoxy) is 3. The maximum atomic E-state index is 12.3. The molecular weight excluding hydrogens is 436 g/mol. The first-order valence-electron chi connectivity index (χ1n) is 10.1. The molecule has 2 aromatic carbocycles. The summed E-state index contributed by atoms with van der Waals surface area (Å²) < 4.78 is 22.0. The molecule has 5 atom stereocenters. The van der Waals surface area contributed by atoms with Crippen LogP contribution in [0.3, 0.4) is 0 Å². The number of carbonyl (C=O) groups excluding carboxylic acids is 1. The van der Waals surface area contributed by atoms with Gasteiger partial charge in [-0.15, -0.1) is 0 Å². The predicted octanol–water partition coefficient (Wildman–Crippen LogP) is 1.37. The zero-order valence-electron chi connectivity index (χ0n) is 17.5. The van der Waals surface area contributed by atoms with Gasteiger partial charge in [-0.3, -0.25) is 0 Å². The van der Waals surface area contributed by atoms with Crippen LogP contribution in [0.4, 0.5) is 0 Å². The quantitative estimate of drug-likeness (QED) is 0.398. The minimum Gasteiger partial charge on any atom is -0.479 e. The lowest BCUT2D eigenvalue weighted by Gasteiger charge is -2.38. The van der Waals surface area contributed by atoms with E-state index in [9.17, 15) is 30.0 Å². The van der Waals surface area contributed by atoms with Gasteiger partial charge in [-0.2, -0.15) is 0 Å². The molecule has 0 aliphatic carbocycles. The Balaban J connectivity index is 1.56. The Morgan fingerprint density at radius 1 is 1.00 bits per heavy atom. The van der Waals surface area contributed by atoms with Crippen LogP contribution in [-0.4, -0.2) is 63.1 Å². The minimum atomic E-state index is -1.82. The first-order valence-corrected chi connectivity index (χ1v) is 10.1. The maximum Gasteiger partial charge on any atom is 0.338 e. The molecule has 33 heavy (non-hydrogen) atoms. The summed E-state index contributed by atoms with van der Waals surface area (Å²) in [4.78, 5) is 23.6. The average molecular weight is 458 g/mol. The molecule has 0 bridgehead atoms. The molecule has 1 aliphatic heterocycles. The fraction of sp³-hybridized carbons (Fsp3) is 0.304. The van der Waals surface area contributed by atoms with Crippen LogP contribution in [0.15, 0.2) is 52.9 Å². The van der Waals surface area contributed by atoms with E-state index < -0.39 is 42.6 Å². The van der Waals surface area contributed by atoms with Gasteiger partial charge in [-0.05, 0) is 37.3 Å². The molecular formula is C23H22O10. The van der Waals surface area contributed by atoms with Gasteiger partial charge in [0.05, 0.1) is 10.9 Å². The molecule has 1 fully saturated rings. The summed E-state index contributed by atoms with van der Waals surface area (Å²) in [5.74, 6) is -1.31. The molecule has 174 valence electrons. The molecule has 0 amide bonds. The van der Waals surface area contributed by atoms with E-state index in [1.165, 1.54) is 6.07 Å². The second-order valence-electron chi connectivity index (χ2n) is 7.62. The van der Waals surface area contributed by atoms with E-state index in [1.807, 2.05) is 0 Å². The van der Waals surface area contributed by atoms with Crippen molar-refractivity contribution in [1.82, 2.24) is 0 Å². The number of esters is 1. The highest BCUT2D eigenvalue weighted by atomic mass is 16.7. The van der Waals surface area contributed by atoms with Crippen LogP contribution in [0, 0.1) is 6.92 Å². The first kappa shape index (κ1) is 22.7. The van der Waals surface area contributed by atoms with Crippen molar-refractivity contribution < 1.29 is 48.6 Å². The molecule has 2 heterocycles. The maximum absolute atomic E-state index is 12.3. The number of carboxylic acid groups (broad SMARTS) is 1. The van der Waals surface area contributed by atoms with Gasteiger partial charge in [-0.1, -0.05) is 18.2 Å². The predicted molar refractivity (Wildman–Crippen MR) is 111 cm³/mol. The first-order chi connectivity index (χ1) is 15.8. The van der Waals surface area contributed by atoms with Crippen LogP contribution in [0.5, 0.6) is 5.75 Å². The fourth-order valence-corrected chi connectivity index (χ4v) is 3.57. The largest absolute Gasteiger partial charge is 0.479 e. The molecule has 1 aliphatic rings. The van der Waals surface area contributed by atoms with E-state index in [0.717, 1.165) is 0 Å². The molecule has 10 nitrogen and oxygen atoms in total. The molecule has 3 aromatic rings. The summed E-state index contributed by atoms with van der Waals surface area (Å²) >= 11 is 0. The monoisotopic (exact) mass is 458 g/mol. The SMILES string of the molecule is Cc1cc2c(O[C@@H]3O[C@H](C(=O)O)[C@@H](O)[C@H](O)[C@H]3O)ccc(COC(=O)c3ccccc3)c2o1. The van der Waals surface area contributed by atoms with Crippen LogP contribution in [0.1, 0.15) is 21.7 Å². The number of aliphatic hydroxyl groups excluding tert-OH is 3. The van der Waals surface area contributed by atoms with Gasteiger partial charge in [0, 0.05) is 5.56 Å². The van der Waals surface area contributed by atoms with Gasteiger partial charge in [0.25, 0.3) is 0 Å². The second-order valence-corrected chi connectivity index (χ2v) is 7.62. The van der Waals surface area contributed by atoms with Gasteiger partial charge in [0.1, 0.15) is 42.0 Å². The molecule has 0 spiro atoms. The van der Waals surface area contributed by atoms with E-state index in [1.54, 1.807) is 49.4 Å². The Kier molecular flexibility index (Phi) is 6.34. The van der Waals surface area contributed by atoms with Gasteiger partial charge >= 0.3 is 11.9 Å². The van der Waals surface area contributed by atoms with Crippen LogP contribution in [0.2, 0.25) is 0 Å². The summed E-state index contributed by atoms with van der Waals surface area (Å²) in [6.07, 6.45) is -8.67. The standard InChI is InChI=1S/C23H22O10/c1-11-9-14-15(32-23-18(26)16(24)17(25)20(33-23)21(27)28)8-7-13(19(14)31-11)10-30-22(29)12-5-3-2-4-6-12/h2-9,16-18,20,23-26H,10H2,1H3,(H,27,28)/t16-,17-,18+,20-,23+/m0/s1.